The fourth-order valence-corrected chi connectivity index (χ4v) is 1.29. The second-order valence-corrected chi connectivity index (χ2v) is 3.49. The van der Waals surface area contributed by atoms with Crippen LogP contribution in [-0.2, 0) is 4.79 Å². The number of nitriles is 1. The van der Waals surface area contributed by atoms with E-state index in [9.17, 15) is 4.79 Å². The van der Waals surface area contributed by atoms with Crippen molar-refractivity contribution in [1.82, 2.24) is 4.98 Å². The first kappa shape index (κ1) is 12.0. The number of hydrogen-bond acceptors (Lipinski definition) is 4. The molecule has 1 unspecified atom stereocenters. The first-order chi connectivity index (χ1) is 7.63. The van der Waals surface area contributed by atoms with Gasteiger partial charge in [-0.1, -0.05) is 0 Å². The standard InChI is InChI=1S/C11H13N3O2/c1-8(4-5-11(15)16)14-9-3-2-6-13-10(9)7-12/h2-3,6,8,14H,4-5H2,1H3,(H,15,16). The summed E-state index contributed by atoms with van der Waals surface area (Å²) in [5.74, 6) is -0.819. The molecule has 16 heavy (non-hydrogen) atoms. The molecule has 5 heteroatoms. The zero-order valence-electron chi connectivity index (χ0n) is 8.97. The number of pyridine rings is 1. The van der Waals surface area contributed by atoms with E-state index in [1.54, 1.807) is 18.3 Å². The highest BCUT2D eigenvalue weighted by atomic mass is 16.4. The molecule has 0 radical (unpaired) electrons. The number of carboxylic acids is 1. The van der Waals surface area contributed by atoms with Gasteiger partial charge < -0.3 is 10.4 Å². The molecule has 84 valence electrons. The van der Waals surface area contributed by atoms with E-state index in [0.29, 0.717) is 17.8 Å². The molecule has 1 atom stereocenters. The van der Waals surface area contributed by atoms with Crippen LogP contribution in [0.4, 0.5) is 5.69 Å². The Labute approximate surface area is 93.7 Å². The molecule has 1 rings (SSSR count). The third-order valence-corrected chi connectivity index (χ3v) is 2.11. The topological polar surface area (TPSA) is 86.0 Å². The van der Waals surface area contributed by atoms with Crippen LogP contribution in [0.3, 0.4) is 0 Å². The first-order valence-corrected chi connectivity index (χ1v) is 4.97. The quantitative estimate of drug-likeness (QED) is 0.785. The van der Waals surface area contributed by atoms with Gasteiger partial charge in [-0.15, -0.1) is 0 Å². The summed E-state index contributed by atoms with van der Waals surface area (Å²) >= 11 is 0. The summed E-state index contributed by atoms with van der Waals surface area (Å²) < 4.78 is 0. The average molecular weight is 219 g/mol. The van der Waals surface area contributed by atoms with Gasteiger partial charge in [0.05, 0.1) is 5.69 Å². The highest BCUT2D eigenvalue weighted by Crippen LogP contribution is 2.13. The van der Waals surface area contributed by atoms with E-state index in [-0.39, 0.29) is 12.5 Å². The molecular formula is C11H13N3O2. The number of rotatable bonds is 5. The van der Waals surface area contributed by atoms with Crippen molar-refractivity contribution < 1.29 is 9.90 Å². The Morgan fingerprint density at radius 3 is 3.12 bits per heavy atom. The lowest BCUT2D eigenvalue weighted by Gasteiger charge is -2.14. The lowest BCUT2D eigenvalue weighted by atomic mass is 10.1. The van der Waals surface area contributed by atoms with E-state index < -0.39 is 5.97 Å². The fourth-order valence-electron chi connectivity index (χ4n) is 1.29. The molecule has 0 amide bonds. The number of anilines is 1. The summed E-state index contributed by atoms with van der Waals surface area (Å²) in [5.41, 5.74) is 0.965. The Hall–Kier alpha value is -2.09. The van der Waals surface area contributed by atoms with Gasteiger partial charge in [-0.05, 0) is 25.5 Å². The molecule has 0 fully saturated rings. The summed E-state index contributed by atoms with van der Waals surface area (Å²) in [4.78, 5) is 14.3. The number of nitrogens with zero attached hydrogens (tertiary/aromatic N) is 2. The Morgan fingerprint density at radius 2 is 2.50 bits per heavy atom. The van der Waals surface area contributed by atoms with Gasteiger partial charge in [0.15, 0.2) is 5.69 Å². The minimum atomic E-state index is -0.819. The lowest BCUT2D eigenvalue weighted by Crippen LogP contribution is -2.17. The summed E-state index contributed by atoms with van der Waals surface area (Å²) in [6.07, 6.45) is 2.16. The molecule has 0 aliphatic heterocycles. The maximum absolute atomic E-state index is 10.4. The molecule has 1 heterocycles. The van der Waals surface area contributed by atoms with Crippen molar-refractivity contribution in [2.75, 3.05) is 5.32 Å². The first-order valence-electron chi connectivity index (χ1n) is 4.97. The fraction of sp³-hybridized carbons (Fsp3) is 0.364. The van der Waals surface area contributed by atoms with E-state index in [2.05, 4.69) is 10.3 Å². The molecule has 0 aliphatic rings. The van der Waals surface area contributed by atoms with E-state index in [1.165, 1.54) is 0 Å². The average Bonchev–Trinajstić information content (AvgIpc) is 2.27. The van der Waals surface area contributed by atoms with Crippen molar-refractivity contribution in [2.45, 2.75) is 25.8 Å². The molecule has 0 spiro atoms. The Bertz CT molecular complexity index is 412. The van der Waals surface area contributed by atoms with E-state index in [1.807, 2.05) is 13.0 Å². The van der Waals surface area contributed by atoms with Gasteiger partial charge in [-0.2, -0.15) is 5.26 Å². The van der Waals surface area contributed by atoms with Crippen molar-refractivity contribution in [1.29, 1.82) is 5.26 Å². The van der Waals surface area contributed by atoms with Gasteiger partial charge in [0.1, 0.15) is 6.07 Å². The minimum Gasteiger partial charge on any atom is -0.481 e. The zero-order chi connectivity index (χ0) is 12.0. The summed E-state index contributed by atoms with van der Waals surface area (Å²) in [7, 11) is 0. The molecule has 0 bridgehead atoms. The predicted octanol–water partition coefficient (Wildman–Crippen LogP) is 1.62. The molecule has 0 aromatic carbocycles. The predicted molar refractivity (Wildman–Crippen MR) is 58.9 cm³/mol. The lowest BCUT2D eigenvalue weighted by molar-refractivity contribution is -0.137. The third kappa shape index (κ3) is 3.58. The number of nitrogens with one attached hydrogen (secondary N) is 1. The third-order valence-electron chi connectivity index (χ3n) is 2.11. The molecule has 0 saturated carbocycles. The smallest absolute Gasteiger partial charge is 0.303 e. The van der Waals surface area contributed by atoms with Crippen molar-refractivity contribution in [3.8, 4) is 6.07 Å². The van der Waals surface area contributed by atoms with E-state index in [4.69, 9.17) is 10.4 Å². The summed E-state index contributed by atoms with van der Waals surface area (Å²) in [6, 6.07) is 5.45. The van der Waals surface area contributed by atoms with Gasteiger partial charge in [0, 0.05) is 18.7 Å². The monoisotopic (exact) mass is 219 g/mol. The van der Waals surface area contributed by atoms with Crippen LogP contribution in [0.1, 0.15) is 25.5 Å². The second-order valence-electron chi connectivity index (χ2n) is 3.49. The number of carboxylic acid groups (broad SMARTS) is 1. The van der Waals surface area contributed by atoms with Gasteiger partial charge in [0.25, 0.3) is 0 Å². The Morgan fingerprint density at radius 1 is 1.75 bits per heavy atom. The minimum absolute atomic E-state index is 0.00704. The number of carbonyl (C=O) groups is 1. The second kappa shape index (κ2) is 5.71. The van der Waals surface area contributed by atoms with Crippen molar-refractivity contribution in [3.05, 3.63) is 24.0 Å². The van der Waals surface area contributed by atoms with E-state index >= 15 is 0 Å². The van der Waals surface area contributed by atoms with Crippen LogP contribution < -0.4 is 5.32 Å². The molecule has 5 nitrogen and oxygen atoms in total. The van der Waals surface area contributed by atoms with Crippen LogP contribution in [0.2, 0.25) is 0 Å². The molecule has 1 aromatic heterocycles. The van der Waals surface area contributed by atoms with Crippen LogP contribution in [0.5, 0.6) is 0 Å². The number of aromatic nitrogens is 1. The summed E-state index contributed by atoms with van der Waals surface area (Å²) in [6.45, 7) is 1.87. The summed E-state index contributed by atoms with van der Waals surface area (Å²) in [5, 5.41) is 20.4. The Balaban J connectivity index is 2.59. The van der Waals surface area contributed by atoms with Crippen molar-refractivity contribution in [2.24, 2.45) is 0 Å². The largest absolute Gasteiger partial charge is 0.481 e. The van der Waals surface area contributed by atoms with Gasteiger partial charge >= 0.3 is 5.97 Å². The molecular weight excluding hydrogens is 206 g/mol. The van der Waals surface area contributed by atoms with Crippen molar-refractivity contribution >= 4 is 11.7 Å². The molecule has 0 saturated heterocycles. The molecule has 1 aromatic rings. The van der Waals surface area contributed by atoms with E-state index in [0.717, 1.165) is 0 Å². The highest BCUT2D eigenvalue weighted by molar-refractivity contribution is 5.66. The maximum atomic E-state index is 10.4. The van der Waals surface area contributed by atoms with Crippen LogP contribution in [-0.4, -0.2) is 22.1 Å². The van der Waals surface area contributed by atoms with Crippen molar-refractivity contribution in [3.63, 3.8) is 0 Å². The van der Waals surface area contributed by atoms with Crippen LogP contribution in [0.15, 0.2) is 18.3 Å². The maximum Gasteiger partial charge on any atom is 0.303 e. The zero-order valence-corrected chi connectivity index (χ0v) is 8.97. The number of hydrogen-bond donors (Lipinski definition) is 2. The van der Waals surface area contributed by atoms with Crippen LogP contribution in [0.25, 0.3) is 0 Å². The normalized spacial score (nSPS) is 11.5. The Kier molecular flexibility index (Phi) is 4.28. The highest BCUT2D eigenvalue weighted by Gasteiger charge is 2.08. The van der Waals surface area contributed by atoms with Gasteiger partial charge in [0.2, 0.25) is 0 Å². The number of aliphatic carboxylic acids is 1. The SMILES string of the molecule is CC(CCC(=O)O)Nc1cccnc1C#N. The van der Waals surface area contributed by atoms with Gasteiger partial charge in [-0.3, -0.25) is 4.79 Å². The molecule has 2 N–H and O–H groups in total. The molecule has 0 aliphatic carbocycles. The van der Waals surface area contributed by atoms with Crippen LogP contribution >= 0.6 is 0 Å². The van der Waals surface area contributed by atoms with Crippen LogP contribution in [0, 0.1) is 11.3 Å². The van der Waals surface area contributed by atoms with Gasteiger partial charge in [-0.25, -0.2) is 4.98 Å².